The van der Waals surface area contributed by atoms with Crippen molar-refractivity contribution in [3.8, 4) is 11.5 Å². The van der Waals surface area contributed by atoms with Crippen molar-refractivity contribution in [2.24, 2.45) is 5.73 Å². The highest BCUT2D eigenvalue weighted by Crippen LogP contribution is 2.34. The highest BCUT2D eigenvalue weighted by atomic mass is 19.4. The number of nitrogens with zero attached hydrogens (tertiary/aromatic N) is 1. The van der Waals surface area contributed by atoms with Crippen LogP contribution in [0.25, 0.3) is 0 Å². The Morgan fingerprint density at radius 1 is 1.31 bits per heavy atom. The van der Waals surface area contributed by atoms with Gasteiger partial charge in [-0.25, -0.2) is 0 Å². The van der Waals surface area contributed by atoms with Gasteiger partial charge in [0, 0.05) is 39.2 Å². The lowest BCUT2D eigenvalue weighted by molar-refractivity contribution is -0.153. The van der Waals surface area contributed by atoms with Crippen LogP contribution < -0.4 is 25.4 Å². The second-order valence-electron chi connectivity index (χ2n) is 7.53. The SMILES string of the molecule is [2H]C(C)(O)C([2H])([2H])C([2H])([2H])N1c2c(C(N)=O)cc(C[C@@H](C)NC([2H])([2H])C([2H])([2H])Oc3ccccc3OC([2H])([2H])C(F)(F)F)cc2C([2H])([2H])C1([2H])[2H]. The van der Waals surface area contributed by atoms with Crippen molar-refractivity contribution >= 4 is 11.6 Å². The van der Waals surface area contributed by atoms with E-state index in [4.69, 9.17) is 31.0 Å². The first-order valence-electron chi connectivity index (χ1n) is 17.9. The Hall–Kier alpha value is -2.98. The summed E-state index contributed by atoms with van der Waals surface area (Å²) in [5, 5.41) is 12.4. The number of alkyl halides is 3. The van der Waals surface area contributed by atoms with E-state index in [9.17, 15) is 23.1 Å². The number of fused-ring (bicyclic) bond motifs is 1. The molecule has 1 aliphatic heterocycles. The summed E-state index contributed by atoms with van der Waals surface area (Å²) in [6.45, 7) is -16.1. The molecule has 36 heavy (non-hydrogen) atoms. The second kappa shape index (κ2) is 12.3. The zero-order valence-electron chi connectivity index (χ0n) is 34.1. The number of carbonyl (C=O) groups excluding carboxylic acids is 1. The number of aliphatic hydroxyl groups is 1. The molecular formula is C26H34F3N3O4. The minimum absolute atomic E-state index is 0.0316. The maximum atomic E-state index is 13.1. The largest absolute Gasteiger partial charge is 0.488 e. The van der Waals surface area contributed by atoms with E-state index in [1.54, 1.807) is 0 Å². The maximum Gasteiger partial charge on any atom is 0.422 e. The first-order chi connectivity index (χ1) is 22.6. The third kappa shape index (κ3) is 8.03. The van der Waals surface area contributed by atoms with E-state index in [2.05, 4.69) is 10.1 Å². The Morgan fingerprint density at radius 3 is 2.64 bits per heavy atom. The van der Waals surface area contributed by atoms with Crippen LogP contribution in [-0.4, -0.2) is 61.9 Å². The van der Waals surface area contributed by atoms with Gasteiger partial charge in [-0.15, -0.1) is 0 Å². The minimum atomic E-state index is -5.50. The number of primary amides is 1. The third-order valence-electron chi connectivity index (χ3n) is 4.51. The van der Waals surface area contributed by atoms with E-state index in [1.807, 2.05) is 0 Å². The van der Waals surface area contributed by atoms with Gasteiger partial charge in [0.25, 0.3) is 5.91 Å². The molecule has 1 aliphatic rings. The molecule has 10 heteroatoms. The molecule has 4 N–H and O–H groups in total. The highest BCUT2D eigenvalue weighted by Gasteiger charge is 2.29. The average Bonchev–Trinajstić information content (AvgIpc) is 3.08. The number of anilines is 1. The van der Waals surface area contributed by atoms with Gasteiger partial charge in [-0.3, -0.25) is 4.79 Å². The number of para-hydroxylation sites is 2. The molecule has 7 nitrogen and oxygen atoms in total. The van der Waals surface area contributed by atoms with Gasteiger partial charge in [0.15, 0.2) is 18.1 Å². The first-order valence-corrected chi connectivity index (χ1v) is 10.4. The Kier molecular flexibility index (Phi) is 4.63. The fourth-order valence-corrected chi connectivity index (χ4v) is 3.10. The molecule has 0 aromatic heterocycles. The molecule has 0 saturated carbocycles. The topological polar surface area (TPSA) is 97.1 Å². The highest BCUT2D eigenvalue weighted by molar-refractivity contribution is 6.00. The lowest BCUT2D eigenvalue weighted by Crippen LogP contribution is -2.32. The summed E-state index contributed by atoms with van der Waals surface area (Å²) in [6, 6.07) is 4.83. The molecule has 0 saturated heterocycles. The molecule has 0 fully saturated rings. The molecule has 0 bridgehead atoms. The number of nitrogens with one attached hydrogen (secondary N) is 1. The lowest BCUT2D eigenvalue weighted by atomic mass is 9.98. The number of rotatable bonds is 13. The number of nitrogens with two attached hydrogens (primary N) is 1. The van der Waals surface area contributed by atoms with Gasteiger partial charge in [0.2, 0.25) is 0 Å². The van der Waals surface area contributed by atoms with Crippen molar-refractivity contribution in [2.45, 2.75) is 51.3 Å². The van der Waals surface area contributed by atoms with Crippen LogP contribution in [0.2, 0.25) is 0 Å². The number of amides is 1. The number of halogens is 3. The molecular weight excluding hydrogens is 475 g/mol. The van der Waals surface area contributed by atoms with Crippen molar-refractivity contribution in [2.75, 3.05) is 37.5 Å². The van der Waals surface area contributed by atoms with Crippen LogP contribution >= 0.6 is 0 Å². The van der Waals surface area contributed by atoms with Gasteiger partial charge in [-0.1, -0.05) is 18.2 Å². The van der Waals surface area contributed by atoms with Crippen molar-refractivity contribution in [1.29, 1.82) is 0 Å². The van der Waals surface area contributed by atoms with Crippen LogP contribution in [-0.2, 0) is 12.8 Å². The molecule has 1 unspecified atom stereocenters. The van der Waals surface area contributed by atoms with E-state index in [-0.39, 0.29) is 16.9 Å². The van der Waals surface area contributed by atoms with Gasteiger partial charge in [0.05, 0.1) is 24.2 Å². The van der Waals surface area contributed by atoms with Gasteiger partial charge >= 0.3 is 6.18 Å². The van der Waals surface area contributed by atoms with Crippen LogP contribution in [0.1, 0.15) is 62.3 Å². The molecule has 1 heterocycles. The molecule has 0 spiro atoms. The first kappa shape index (κ1) is 13.5. The maximum absolute atomic E-state index is 13.1. The summed E-state index contributed by atoms with van der Waals surface area (Å²) < 4.78 is 171. The van der Waals surface area contributed by atoms with Gasteiger partial charge < -0.3 is 30.5 Å². The Bertz CT molecular complexity index is 1650. The quantitative estimate of drug-likeness (QED) is 0.371. The summed E-state index contributed by atoms with van der Waals surface area (Å²) in [6.07, 6.45) is -15.9. The van der Waals surface area contributed by atoms with Gasteiger partial charge in [-0.2, -0.15) is 13.2 Å². The molecule has 0 aliphatic carbocycles. The molecule has 3 rings (SSSR count). The zero-order valence-corrected chi connectivity index (χ0v) is 19.1. The van der Waals surface area contributed by atoms with E-state index in [0.29, 0.717) is 6.92 Å². The average molecular weight is 525 g/mol. The number of benzene rings is 2. The van der Waals surface area contributed by atoms with Crippen LogP contribution in [0.4, 0.5) is 18.9 Å². The predicted octanol–water partition coefficient (Wildman–Crippen LogP) is 3.46. The fourth-order valence-electron chi connectivity index (χ4n) is 3.10. The Balaban J connectivity index is 2.00. The summed E-state index contributed by atoms with van der Waals surface area (Å²) >= 11 is 0. The number of aryl methyl sites for hydroxylation is 1. The number of hydrogen-bond acceptors (Lipinski definition) is 6. The standard InChI is InChI=1S/C26H34F3N3O4/c1-17(31-9-12-35-22-5-3-4-6-23(22)36-16-26(27,28)29)13-19-14-20-8-11-32(10-7-18(2)33)24(20)21(15-19)25(30)34/h3-6,14-15,17-18,31,33H,7-13,16H2,1-2H3,(H2,30,34)/t17-,18?/m1/s1/i7D2,8D2,9D2,10D2,11D2,12D2,16D2,18D. The Morgan fingerprint density at radius 2 is 2.00 bits per heavy atom. The van der Waals surface area contributed by atoms with E-state index >= 15 is 0 Å². The van der Waals surface area contributed by atoms with E-state index in [1.165, 1.54) is 13.0 Å². The summed E-state index contributed by atoms with van der Waals surface area (Å²) in [5.74, 6) is -3.05. The Labute approximate surface area is 230 Å². The predicted molar refractivity (Wildman–Crippen MR) is 132 cm³/mol. The molecule has 198 valence electrons. The van der Waals surface area contributed by atoms with Crippen molar-refractivity contribution in [3.63, 3.8) is 0 Å². The van der Waals surface area contributed by atoms with Crippen molar-refractivity contribution in [3.05, 3.63) is 53.1 Å². The van der Waals surface area contributed by atoms with Crippen molar-refractivity contribution < 1.29 is 53.1 Å². The van der Waals surface area contributed by atoms with Crippen LogP contribution in [0, 0.1) is 0 Å². The lowest BCUT2D eigenvalue weighted by Gasteiger charge is -2.23. The monoisotopic (exact) mass is 524 g/mol. The normalized spacial score (nSPS) is 26.7. The molecule has 1 amide bonds. The third-order valence-corrected chi connectivity index (χ3v) is 4.51. The zero-order chi connectivity index (χ0) is 39.8. The molecule has 2 atom stereocenters. The molecule has 2 aromatic carbocycles. The second-order valence-corrected chi connectivity index (χ2v) is 7.53. The van der Waals surface area contributed by atoms with Gasteiger partial charge in [0.1, 0.15) is 6.56 Å². The molecule has 2 aromatic rings. The van der Waals surface area contributed by atoms with Crippen molar-refractivity contribution in [1.82, 2.24) is 5.32 Å². The molecule has 0 radical (unpaired) electrons. The summed E-state index contributed by atoms with van der Waals surface area (Å²) in [7, 11) is 0. The fraction of sp³-hybridized carbons (Fsp3) is 0.500. The van der Waals surface area contributed by atoms with E-state index < -0.39 is 97.9 Å². The number of ether oxygens (including phenoxy) is 2. The van der Waals surface area contributed by atoms with Crippen LogP contribution in [0.3, 0.4) is 0 Å². The van der Waals surface area contributed by atoms with Gasteiger partial charge in [-0.05, 0) is 62.3 Å². The van der Waals surface area contributed by atoms with E-state index in [0.717, 1.165) is 30.3 Å². The number of carbonyl (C=O) groups is 1. The number of hydrogen-bond donors (Lipinski definition) is 3. The summed E-state index contributed by atoms with van der Waals surface area (Å²) in [5.41, 5.74) is 3.26. The van der Waals surface area contributed by atoms with Crippen LogP contribution in [0.5, 0.6) is 11.5 Å². The van der Waals surface area contributed by atoms with Crippen LogP contribution in [0.15, 0.2) is 36.4 Å². The smallest absolute Gasteiger partial charge is 0.422 e. The minimum Gasteiger partial charge on any atom is -0.488 e. The summed E-state index contributed by atoms with van der Waals surface area (Å²) in [4.78, 5) is 12.6.